The van der Waals surface area contributed by atoms with Crippen LogP contribution in [0.5, 0.6) is 0 Å². The average molecular weight is 352 g/mol. The van der Waals surface area contributed by atoms with Gasteiger partial charge in [0.2, 0.25) is 5.91 Å². The summed E-state index contributed by atoms with van der Waals surface area (Å²) in [6, 6.07) is -0.610. The fraction of sp³-hybridized carbons (Fsp3) is 0.714. The molecule has 0 aliphatic carbocycles. The van der Waals surface area contributed by atoms with E-state index in [1.165, 1.54) is 31.8 Å². The third-order valence-electron chi connectivity index (χ3n) is 3.56. The number of rotatable bonds is 11. The van der Waals surface area contributed by atoms with E-state index < -0.39 is 17.6 Å². The van der Waals surface area contributed by atoms with Crippen LogP contribution in [0.4, 0.5) is 0 Å². The zero-order valence-electron chi connectivity index (χ0n) is 16.9. The normalized spacial score (nSPS) is 13.6. The molecule has 0 unspecified atom stereocenters. The van der Waals surface area contributed by atoms with Gasteiger partial charge in [0.15, 0.2) is 0 Å². The maximum Gasteiger partial charge on any atom is 0.329 e. The molecule has 0 aromatic carbocycles. The fourth-order valence-electron chi connectivity index (χ4n) is 2.23. The van der Waals surface area contributed by atoms with E-state index in [2.05, 4.69) is 25.2 Å². The summed E-state index contributed by atoms with van der Waals surface area (Å²) < 4.78 is 5.30. The van der Waals surface area contributed by atoms with Gasteiger partial charge in [-0.25, -0.2) is 4.79 Å². The molecule has 0 saturated carbocycles. The maximum absolute atomic E-state index is 12.0. The number of ether oxygens (including phenoxy) is 1. The van der Waals surface area contributed by atoms with Gasteiger partial charge >= 0.3 is 5.97 Å². The number of amides is 1. The van der Waals surface area contributed by atoms with E-state index in [-0.39, 0.29) is 5.91 Å². The molecule has 0 aliphatic rings. The molecule has 1 atom stereocenters. The van der Waals surface area contributed by atoms with Crippen LogP contribution in [0.15, 0.2) is 24.3 Å². The molecule has 0 aromatic heterocycles. The van der Waals surface area contributed by atoms with Crippen molar-refractivity contribution in [2.45, 2.75) is 91.7 Å². The van der Waals surface area contributed by atoms with Gasteiger partial charge in [-0.05, 0) is 46.0 Å². The quantitative estimate of drug-likeness (QED) is 0.248. The third-order valence-corrected chi connectivity index (χ3v) is 3.56. The first-order valence-corrected chi connectivity index (χ1v) is 9.52. The molecule has 0 spiro atoms. The van der Waals surface area contributed by atoms with Gasteiger partial charge in [0.25, 0.3) is 0 Å². The molecule has 0 saturated heterocycles. The van der Waals surface area contributed by atoms with Gasteiger partial charge in [0.1, 0.15) is 11.6 Å². The minimum Gasteiger partial charge on any atom is -0.458 e. The Morgan fingerprint density at radius 2 is 1.76 bits per heavy atom. The first-order valence-electron chi connectivity index (χ1n) is 9.52. The zero-order valence-corrected chi connectivity index (χ0v) is 16.9. The average Bonchev–Trinajstić information content (AvgIpc) is 2.48. The summed E-state index contributed by atoms with van der Waals surface area (Å²) in [6.45, 7) is 11.8. The summed E-state index contributed by atoms with van der Waals surface area (Å²) in [4.78, 5) is 23.9. The van der Waals surface area contributed by atoms with Gasteiger partial charge in [-0.1, -0.05) is 58.3 Å². The Labute approximate surface area is 154 Å². The lowest BCUT2D eigenvalue weighted by Gasteiger charge is -2.23. The van der Waals surface area contributed by atoms with Crippen LogP contribution in [0.3, 0.4) is 0 Å². The van der Waals surface area contributed by atoms with Crippen LogP contribution in [0.1, 0.15) is 80.1 Å². The van der Waals surface area contributed by atoms with Crippen LogP contribution in [0.2, 0.25) is 0 Å². The molecule has 0 radical (unpaired) electrons. The number of hydrogen-bond donors (Lipinski definition) is 1. The first kappa shape index (κ1) is 23.4. The Morgan fingerprint density at radius 1 is 1.08 bits per heavy atom. The zero-order chi connectivity index (χ0) is 19.3. The van der Waals surface area contributed by atoms with Gasteiger partial charge < -0.3 is 10.1 Å². The standard InChI is InChI=1S/C21H37NO3/c1-7-18(20(24)25-21(4,5)6)22-19(23)16-14-12-10-8-9-11-13-15-17(2)3/h10,12,14,16-18H,7-9,11,13,15H2,1-6H3,(H,22,23)/b12-10+,16-14+/t18-/m0/s1. The second-order valence-corrected chi connectivity index (χ2v) is 7.82. The summed E-state index contributed by atoms with van der Waals surface area (Å²) in [5.74, 6) is 0.109. The first-order chi connectivity index (χ1) is 11.7. The van der Waals surface area contributed by atoms with Crippen LogP contribution in [0, 0.1) is 5.92 Å². The number of unbranched alkanes of at least 4 members (excludes halogenated alkanes) is 3. The Balaban J connectivity index is 4.08. The fourth-order valence-corrected chi connectivity index (χ4v) is 2.23. The second-order valence-electron chi connectivity index (χ2n) is 7.82. The minimum absolute atomic E-state index is 0.278. The molecule has 0 aromatic rings. The molecule has 1 amide bonds. The summed E-state index contributed by atoms with van der Waals surface area (Å²) in [5.41, 5.74) is -0.553. The van der Waals surface area contributed by atoms with Gasteiger partial charge in [0.05, 0.1) is 0 Å². The highest BCUT2D eigenvalue weighted by atomic mass is 16.6. The molecule has 0 aliphatic heterocycles. The van der Waals surface area contributed by atoms with Crippen LogP contribution >= 0.6 is 0 Å². The SMILES string of the molecule is CC[C@H](NC(=O)/C=C/C=C/CCCCCC(C)C)C(=O)OC(C)(C)C. The molecule has 144 valence electrons. The molecule has 0 rings (SSSR count). The van der Waals surface area contributed by atoms with Gasteiger partial charge in [-0.2, -0.15) is 0 Å². The third kappa shape index (κ3) is 14.5. The molecular weight excluding hydrogens is 314 g/mol. The second kappa shape index (κ2) is 12.7. The lowest BCUT2D eigenvalue weighted by Crippen LogP contribution is -2.43. The smallest absolute Gasteiger partial charge is 0.329 e. The molecule has 1 N–H and O–H groups in total. The minimum atomic E-state index is -0.610. The van der Waals surface area contributed by atoms with E-state index >= 15 is 0 Å². The number of carbonyl (C=O) groups excluding carboxylic acids is 2. The van der Waals surface area contributed by atoms with Crippen molar-refractivity contribution in [3.05, 3.63) is 24.3 Å². The Kier molecular flexibility index (Phi) is 11.9. The van der Waals surface area contributed by atoms with Gasteiger partial charge in [-0.3, -0.25) is 4.79 Å². The van der Waals surface area contributed by atoms with Crippen molar-refractivity contribution < 1.29 is 14.3 Å². The van der Waals surface area contributed by atoms with Crippen LogP contribution < -0.4 is 5.32 Å². The van der Waals surface area contributed by atoms with Crippen molar-refractivity contribution in [3.8, 4) is 0 Å². The van der Waals surface area contributed by atoms with Crippen molar-refractivity contribution in [3.63, 3.8) is 0 Å². The van der Waals surface area contributed by atoms with Crippen molar-refractivity contribution in [2.24, 2.45) is 5.92 Å². The lowest BCUT2D eigenvalue weighted by molar-refractivity contribution is -0.158. The van der Waals surface area contributed by atoms with Gasteiger partial charge in [0, 0.05) is 6.08 Å². The van der Waals surface area contributed by atoms with E-state index in [9.17, 15) is 9.59 Å². The number of allylic oxidation sites excluding steroid dienone is 3. The van der Waals surface area contributed by atoms with Crippen molar-refractivity contribution in [1.82, 2.24) is 5.32 Å². The largest absolute Gasteiger partial charge is 0.458 e. The number of hydrogen-bond acceptors (Lipinski definition) is 3. The molecule has 4 heteroatoms. The van der Waals surface area contributed by atoms with E-state index in [1.807, 2.05) is 33.8 Å². The highest BCUT2D eigenvalue weighted by Crippen LogP contribution is 2.10. The van der Waals surface area contributed by atoms with Gasteiger partial charge in [-0.15, -0.1) is 0 Å². The number of carbonyl (C=O) groups is 2. The molecule has 25 heavy (non-hydrogen) atoms. The highest BCUT2D eigenvalue weighted by Gasteiger charge is 2.24. The molecule has 0 fully saturated rings. The summed E-state index contributed by atoms with van der Waals surface area (Å²) >= 11 is 0. The topological polar surface area (TPSA) is 55.4 Å². The van der Waals surface area contributed by atoms with E-state index in [0.29, 0.717) is 6.42 Å². The lowest BCUT2D eigenvalue weighted by atomic mass is 10.0. The predicted molar refractivity (Wildman–Crippen MR) is 104 cm³/mol. The van der Waals surface area contributed by atoms with Crippen molar-refractivity contribution in [2.75, 3.05) is 0 Å². The van der Waals surface area contributed by atoms with Crippen molar-refractivity contribution >= 4 is 11.9 Å². The number of esters is 1. The highest BCUT2D eigenvalue weighted by molar-refractivity contribution is 5.91. The number of nitrogens with one attached hydrogen (secondary N) is 1. The van der Waals surface area contributed by atoms with E-state index in [4.69, 9.17) is 4.74 Å². The summed E-state index contributed by atoms with van der Waals surface area (Å²) in [6.07, 6.45) is 13.7. The Morgan fingerprint density at radius 3 is 2.32 bits per heavy atom. The Bertz CT molecular complexity index is 445. The maximum atomic E-state index is 12.0. The summed E-state index contributed by atoms with van der Waals surface area (Å²) in [5, 5.41) is 2.68. The Hall–Kier alpha value is -1.58. The summed E-state index contributed by atoms with van der Waals surface area (Å²) in [7, 11) is 0. The van der Waals surface area contributed by atoms with E-state index in [0.717, 1.165) is 12.3 Å². The molecule has 4 nitrogen and oxygen atoms in total. The molecular formula is C21H37NO3. The van der Waals surface area contributed by atoms with Crippen LogP contribution in [-0.4, -0.2) is 23.5 Å². The molecule has 0 heterocycles. The molecule has 0 bridgehead atoms. The van der Waals surface area contributed by atoms with Crippen LogP contribution in [-0.2, 0) is 14.3 Å². The van der Waals surface area contributed by atoms with Crippen molar-refractivity contribution in [1.29, 1.82) is 0 Å². The monoisotopic (exact) mass is 351 g/mol. The van der Waals surface area contributed by atoms with E-state index in [1.54, 1.807) is 6.08 Å². The predicted octanol–water partition coefficient (Wildman–Crippen LogP) is 4.94. The van der Waals surface area contributed by atoms with Crippen LogP contribution in [0.25, 0.3) is 0 Å².